The van der Waals surface area contributed by atoms with Gasteiger partial charge in [0.2, 0.25) is 11.8 Å². The summed E-state index contributed by atoms with van der Waals surface area (Å²) in [6, 6.07) is 6.00. The Kier molecular flexibility index (Phi) is 14.3. The summed E-state index contributed by atoms with van der Waals surface area (Å²) >= 11 is 0. The number of nitrogens with two attached hydrogens (primary N) is 2. The molecule has 1 aromatic carbocycles. The van der Waals surface area contributed by atoms with Gasteiger partial charge in [0.1, 0.15) is 5.54 Å². The van der Waals surface area contributed by atoms with Crippen molar-refractivity contribution >= 4 is 11.8 Å². The van der Waals surface area contributed by atoms with E-state index in [1.165, 1.54) is 0 Å². The molecular weight excluding hydrogens is 498 g/mol. The molecule has 3 atom stereocenters. The summed E-state index contributed by atoms with van der Waals surface area (Å²) in [4.78, 5) is 24.7. The van der Waals surface area contributed by atoms with Crippen molar-refractivity contribution < 1.29 is 28.9 Å². The Bertz CT molecular complexity index is 905. The highest BCUT2D eigenvalue weighted by molar-refractivity contribution is 5.87. The molecule has 0 spiro atoms. The molecule has 39 heavy (non-hydrogen) atoms. The smallest absolute Gasteiger partial charge is 0.240 e. The Hall–Kier alpha value is -2.36. The fourth-order valence-corrected chi connectivity index (χ4v) is 4.36. The Morgan fingerprint density at radius 1 is 1.05 bits per heavy atom. The van der Waals surface area contributed by atoms with E-state index in [9.17, 15) is 14.7 Å². The number of benzene rings is 1. The van der Waals surface area contributed by atoms with Crippen LogP contribution in [0, 0.1) is 23.2 Å². The second-order valence-corrected chi connectivity index (χ2v) is 11.9. The van der Waals surface area contributed by atoms with Crippen molar-refractivity contribution in [1.82, 2.24) is 5.32 Å². The largest absolute Gasteiger partial charge is 0.493 e. The summed E-state index contributed by atoms with van der Waals surface area (Å²) in [7, 11) is 3.30. The van der Waals surface area contributed by atoms with Gasteiger partial charge in [-0.05, 0) is 68.6 Å². The van der Waals surface area contributed by atoms with Crippen LogP contribution in [-0.4, -0.2) is 62.5 Å². The Balaban J connectivity index is 2.85. The van der Waals surface area contributed by atoms with E-state index >= 15 is 0 Å². The van der Waals surface area contributed by atoms with Gasteiger partial charge < -0.3 is 36.1 Å². The van der Waals surface area contributed by atoms with Crippen LogP contribution in [0.15, 0.2) is 18.2 Å². The van der Waals surface area contributed by atoms with Crippen LogP contribution in [0.1, 0.15) is 72.8 Å². The van der Waals surface area contributed by atoms with Crippen LogP contribution in [0.3, 0.4) is 0 Å². The molecule has 224 valence electrons. The average molecular weight is 552 g/mol. The number of ether oxygens (including phenoxy) is 3. The van der Waals surface area contributed by atoms with Crippen LogP contribution in [-0.2, 0) is 20.7 Å². The standard InChI is InChI=1S/C30H53N3O6/c1-20(2)23(16-22-10-13-25(38-8)26(17-22)39-15-9-14-37-7)11-12-24(34)18-30(32,21(3)4)28(36)33-19-29(5,6)27(31)35/h10,13,17,20-21,23-24,34H,9,11-12,14-16,18-19,32H2,1-8H3,(H2,31,35)(H,33,36)/t23-,24-,30-/m0/s1. The lowest BCUT2D eigenvalue weighted by Gasteiger charge is -2.35. The van der Waals surface area contributed by atoms with Crippen LogP contribution in [0.4, 0.5) is 0 Å². The number of primary amides is 1. The average Bonchev–Trinajstić information content (AvgIpc) is 2.87. The van der Waals surface area contributed by atoms with Gasteiger partial charge in [0.15, 0.2) is 11.5 Å². The van der Waals surface area contributed by atoms with Crippen LogP contribution in [0.2, 0.25) is 0 Å². The predicted octanol–water partition coefficient (Wildman–Crippen LogP) is 3.44. The second kappa shape index (κ2) is 16.0. The van der Waals surface area contributed by atoms with Crippen molar-refractivity contribution in [3.63, 3.8) is 0 Å². The third-order valence-corrected chi connectivity index (χ3v) is 7.67. The normalized spacial score (nSPS) is 15.1. The first-order chi connectivity index (χ1) is 18.2. The highest BCUT2D eigenvalue weighted by Gasteiger charge is 2.40. The lowest BCUT2D eigenvalue weighted by Crippen LogP contribution is -2.60. The number of carbonyl (C=O) groups is 2. The number of rotatable bonds is 19. The van der Waals surface area contributed by atoms with Crippen molar-refractivity contribution in [1.29, 1.82) is 0 Å². The summed E-state index contributed by atoms with van der Waals surface area (Å²) in [6.45, 7) is 12.7. The number of hydrogen-bond donors (Lipinski definition) is 4. The Morgan fingerprint density at radius 2 is 1.72 bits per heavy atom. The van der Waals surface area contributed by atoms with E-state index in [0.717, 1.165) is 24.8 Å². The third kappa shape index (κ3) is 11.0. The number of aliphatic hydroxyl groups is 1. The first kappa shape index (κ1) is 34.7. The van der Waals surface area contributed by atoms with Crippen molar-refractivity contribution in [2.45, 2.75) is 85.3 Å². The van der Waals surface area contributed by atoms with Gasteiger partial charge in [-0.3, -0.25) is 9.59 Å². The van der Waals surface area contributed by atoms with Crippen LogP contribution < -0.4 is 26.3 Å². The molecule has 9 heteroatoms. The van der Waals surface area contributed by atoms with E-state index in [0.29, 0.717) is 43.0 Å². The summed E-state index contributed by atoms with van der Waals surface area (Å²) < 4.78 is 16.5. The molecule has 0 radical (unpaired) electrons. The minimum absolute atomic E-state index is 0.0816. The van der Waals surface area contributed by atoms with Gasteiger partial charge in [0.05, 0.1) is 25.2 Å². The Labute approximate surface area is 235 Å². The van der Waals surface area contributed by atoms with Gasteiger partial charge in [-0.1, -0.05) is 33.8 Å². The van der Waals surface area contributed by atoms with Crippen molar-refractivity contribution in [3.8, 4) is 11.5 Å². The SMILES string of the molecule is COCCCOc1cc(C[C@H](CC[C@H](O)C[C@@](N)(C(=O)NCC(C)(C)C(N)=O)C(C)C)C(C)C)ccc1OC. The van der Waals surface area contributed by atoms with E-state index < -0.39 is 23.0 Å². The maximum absolute atomic E-state index is 13.1. The topological polar surface area (TPSA) is 146 Å². The molecule has 0 unspecified atom stereocenters. The molecule has 0 aliphatic heterocycles. The van der Waals surface area contributed by atoms with E-state index in [4.69, 9.17) is 25.7 Å². The van der Waals surface area contributed by atoms with Gasteiger partial charge in [-0.2, -0.15) is 0 Å². The molecule has 0 saturated carbocycles. The number of hydrogen-bond acceptors (Lipinski definition) is 7. The van der Waals surface area contributed by atoms with Crippen LogP contribution in [0.5, 0.6) is 11.5 Å². The molecule has 6 N–H and O–H groups in total. The number of nitrogens with one attached hydrogen (secondary N) is 1. The third-order valence-electron chi connectivity index (χ3n) is 7.67. The van der Waals surface area contributed by atoms with E-state index in [1.807, 2.05) is 32.0 Å². The van der Waals surface area contributed by atoms with Crippen molar-refractivity contribution in [3.05, 3.63) is 23.8 Å². The highest BCUT2D eigenvalue weighted by atomic mass is 16.5. The summed E-state index contributed by atoms with van der Waals surface area (Å²) in [6.07, 6.45) is 2.29. The van der Waals surface area contributed by atoms with E-state index in [-0.39, 0.29) is 24.8 Å². The first-order valence-electron chi connectivity index (χ1n) is 14.0. The summed E-state index contributed by atoms with van der Waals surface area (Å²) in [5.41, 5.74) is 11.0. The zero-order valence-electron chi connectivity index (χ0n) is 25.3. The molecule has 0 aliphatic carbocycles. The van der Waals surface area contributed by atoms with Gasteiger partial charge >= 0.3 is 0 Å². The van der Waals surface area contributed by atoms with Crippen LogP contribution in [0.25, 0.3) is 0 Å². The van der Waals surface area contributed by atoms with Gasteiger partial charge in [-0.25, -0.2) is 0 Å². The maximum Gasteiger partial charge on any atom is 0.240 e. The number of aliphatic hydroxyl groups excluding tert-OH is 1. The molecule has 2 amide bonds. The van der Waals surface area contributed by atoms with Gasteiger partial charge in [0.25, 0.3) is 0 Å². The summed E-state index contributed by atoms with van der Waals surface area (Å²) in [5.74, 6) is 0.996. The summed E-state index contributed by atoms with van der Waals surface area (Å²) in [5, 5.41) is 13.7. The molecule has 0 heterocycles. The second-order valence-electron chi connectivity index (χ2n) is 11.9. The molecule has 0 bridgehead atoms. The maximum atomic E-state index is 13.1. The van der Waals surface area contributed by atoms with Crippen molar-refractivity contribution in [2.24, 2.45) is 34.6 Å². The quantitative estimate of drug-likeness (QED) is 0.193. The number of methoxy groups -OCH3 is 2. The molecule has 0 saturated heterocycles. The molecule has 1 rings (SSSR count). The molecule has 0 fully saturated rings. The fraction of sp³-hybridized carbons (Fsp3) is 0.733. The lowest BCUT2D eigenvalue weighted by molar-refractivity contribution is -0.131. The predicted molar refractivity (Wildman–Crippen MR) is 155 cm³/mol. The molecule has 9 nitrogen and oxygen atoms in total. The number of amides is 2. The highest BCUT2D eigenvalue weighted by Crippen LogP contribution is 2.32. The zero-order chi connectivity index (χ0) is 29.8. The first-order valence-corrected chi connectivity index (χ1v) is 14.0. The molecule has 1 aromatic rings. The Morgan fingerprint density at radius 3 is 2.26 bits per heavy atom. The minimum atomic E-state index is -1.27. The zero-order valence-corrected chi connectivity index (χ0v) is 25.3. The lowest BCUT2D eigenvalue weighted by atomic mass is 9.78. The van der Waals surface area contributed by atoms with Crippen LogP contribution >= 0.6 is 0 Å². The molecular formula is C30H53N3O6. The molecule has 0 aliphatic rings. The van der Waals surface area contributed by atoms with Gasteiger partial charge in [0, 0.05) is 33.1 Å². The minimum Gasteiger partial charge on any atom is -0.493 e. The van der Waals surface area contributed by atoms with Gasteiger partial charge in [-0.15, -0.1) is 0 Å². The molecule has 0 aromatic heterocycles. The fourth-order valence-electron chi connectivity index (χ4n) is 4.36. The van der Waals surface area contributed by atoms with E-state index in [1.54, 1.807) is 28.1 Å². The number of carbonyl (C=O) groups excluding carboxylic acids is 2. The van der Waals surface area contributed by atoms with Crippen molar-refractivity contribution in [2.75, 3.05) is 34.0 Å². The van der Waals surface area contributed by atoms with E-state index in [2.05, 4.69) is 19.2 Å². The monoisotopic (exact) mass is 551 g/mol.